The second-order valence-corrected chi connectivity index (χ2v) is 6.82. The molecule has 0 aromatic heterocycles. The Morgan fingerprint density at radius 2 is 1.38 bits per heavy atom. The summed E-state index contributed by atoms with van der Waals surface area (Å²) in [6.45, 7) is 8.88. The van der Waals surface area contributed by atoms with Crippen LogP contribution in [0, 0.1) is 0 Å². The number of halogens is 1. The second-order valence-electron chi connectivity index (χ2n) is 5.90. The Bertz CT molecular complexity index is 598. The van der Waals surface area contributed by atoms with Crippen LogP contribution in [0.3, 0.4) is 0 Å². The summed E-state index contributed by atoms with van der Waals surface area (Å²) in [7, 11) is 0. The molecule has 2 aromatic carbocycles. The van der Waals surface area contributed by atoms with E-state index in [-0.39, 0.29) is 0 Å². The van der Waals surface area contributed by atoms with Crippen LogP contribution in [-0.4, -0.2) is 6.21 Å². The fraction of sp³-hybridized carbons (Fsp3) is 0.316. The first-order chi connectivity index (χ1) is 9.99. The monoisotopic (exact) mass is 343 g/mol. The van der Waals surface area contributed by atoms with Gasteiger partial charge >= 0.3 is 0 Å². The summed E-state index contributed by atoms with van der Waals surface area (Å²) in [6.07, 6.45) is 1.96. The van der Waals surface area contributed by atoms with E-state index in [4.69, 9.17) is 4.99 Å². The van der Waals surface area contributed by atoms with Gasteiger partial charge in [-0.25, -0.2) is 0 Å². The van der Waals surface area contributed by atoms with Crippen LogP contribution >= 0.6 is 15.9 Å². The van der Waals surface area contributed by atoms with Crippen LogP contribution in [0.25, 0.3) is 0 Å². The van der Waals surface area contributed by atoms with Crippen LogP contribution < -0.4 is 0 Å². The van der Waals surface area contributed by atoms with Crippen molar-refractivity contribution in [3.05, 3.63) is 63.6 Å². The van der Waals surface area contributed by atoms with E-state index in [1.165, 1.54) is 11.1 Å². The number of aliphatic imine (C=N–C) groups is 1. The predicted molar refractivity (Wildman–Crippen MR) is 96.0 cm³/mol. The highest BCUT2D eigenvalue weighted by Gasteiger charge is 2.12. The summed E-state index contributed by atoms with van der Waals surface area (Å²) in [5, 5.41) is 0. The lowest BCUT2D eigenvalue weighted by atomic mass is 9.93. The van der Waals surface area contributed by atoms with Crippen molar-refractivity contribution in [3.63, 3.8) is 0 Å². The largest absolute Gasteiger partial charge is 0.256 e. The standard InChI is InChI=1S/C19H22BrN/c1-13(2)17-6-5-7-18(14(3)4)19(17)21-12-15-8-10-16(20)11-9-15/h5-14H,1-4H3. The van der Waals surface area contributed by atoms with Gasteiger partial charge in [0.25, 0.3) is 0 Å². The summed E-state index contributed by atoms with van der Waals surface area (Å²) in [5.41, 5.74) is 4.88. The highest BCUT2D eigenvalue weighted by atomic mass is 79.9. The van der Waals surface area contributed by atoms with Gasteiger partial charge in [-0.05, 0) is 40.7 Å². The van der Waals surface area contributed by atoms with Gasteiger partial charge in [0.1, 0.15) is 0 Å². The minimum Gasteiger partial charge on any atom is -0.256 e. The van der Waals surface area contributed by atoms with E-state index in [9.17, 15) is 0 Å². The SMILES string of the molecule is CC(C)c1cccc(C(C)C)c1N=Cc1ccc(Br)cc1. The number of nitrogens with zero attached hydrogens (tertiary/aromatic N) is 1. The molecule has 110 valence electrons. The lowest BCUT2D eigenvalue weighted by Crippen LogP contribution is -1.95. The summed E-state index contributed by atoms with van der Waals surface area (Å²) in [6, 6.07) is 14.7. The zero-order chi connectivity index (χ0) is 15.4. The zero-order valence-corrected chi connectivity index (χ0v) is 14.7. The van der Waals surface area contributed by atoms with Crippen LogP contribution in [-0.2, 0) is 0 Å². The molecule has 0 heterocycles. The topological polar surface area (TPSA) is 12.4 Å². The van der Waals surface area contributed by atoms with Gasteiger partial charge in [0.05, 0.1) is 5.69 Å². The highest BCUT2D eigenvalue weighted by Crippen LogP contribution is 2.34. The molecule has 2 rings (SSSR count). The molecule has 0 fully saturated rings. The summed E-state index contributed by atoms with van der Waals surface area (Å²) in [4.78, 5) is 4.81. The lowest BCUT2D eigenvalue weighted by Gasteiger charge is -2.16. The lowest BCUT2D eigenvalue weighted by molar-refractivity contribution is 0.835. The maximum atomic E-state index is 4.81. The average molecular weight is 344 g/mol. The molecule has 0 spiro atoms. The van der Waals surface area contributed by atoms with E-state index in [0.29, 0.717) is 11.8 Å². The third-order valence-electron chi connectivity index (χ3n) is 3.56. The molecule has 0 radical (unpaired) electrons. The number of rotatable bonds is 4. The van der Waals surface area contributed by atoms with Gasteiger partial charge in [-0.3, -0.25) is 4.99 Å². The third-order valence-corrected chi connectivity index (χ3v) is 4.08. The van der Waals surface area contributed by atoms with Crippen molar-refractivity contribution in [3.8, 4) is 0 Å². The quantitative estimate of drug-likeness (QED) is 0.566. The van der Waals surface area contributed by atoms with Gasteiger partial charge in [0, 0.05) is 10.7 Å². The molecule has 0 N–H and O–H groups in total. The van der Waals surface area contributed by atoms with Crippen molar-refractivity contribution in [2.45, 2.75) is 39.5 Å². The van der Waals surface area contributed by atoms with Gasteiger partial charge in [-0.1, -0.05) is 74.0 Å². The molecule has 0 aliphatic heterocycles. The number of hydrogen-bond acceptors (Lipinski definition) is 1. The van der Waals surface area contributed by atoms with E-state index < -0.39 is 0 Å². The summed E-state index contributed by atoms with van der Waals surface area (Å²) >= 11 is 3.46. The number of para-hydroxylation sites is 1. The van der Waals surface area contributed by atoms with Crippen LogP contribution in [0.15, 0.2) is 51.9 Å². The average Bonchev–Trinajstić information content (AvgIpc) is 2.46. The van der Waals surface area contributed by atoms with Gasteiger partial charge < -0.3 is 0 Å². The van der Waals surface area contributed by atoms with Gasteiger partial charge in [0.2, 0.25) is 0 Å². The normalized spacial score (nSPS) is 11.8. The fourth-order valence-corrected chi connectivity index (χ4v) is 2.61. The molecule has 1 nitrogen and oxygen atoms in total. The van der Waals surface area contributed by atoms with Crippen molar-refractivity contribution >= 4 is 27.8 Å². The van der Waals surface area contributed by atoms with Crippen molar-refractivity contribution < 1.29 is 0 Å². The van der Waals surface area contributed by atoms with Crippen molar-refractivity contribution in [1.29, 1.82) is 0 Å². The fourth-order valence-electron chi connectivity index (χ4n) is 2.35. The predicted octanol–water partition coefficient (Wildman–Crippen LogP) is 6.45. The Balaban J connectivity index is 2.43. The van der Waals surface area contributed by atoms with Crippen molar-refractivity contribution in [2.75, 3.05) is 0 Å². The smallest absolute Gasteiger partial charge is 0.0699 e. The Hall–Kier alpha value is -1.41. The Labute approximate surface area is 136 Å². The van der Waals surface area contributed by atoms with Gasteiger partial charge in [0.15, 0.2) is 0 Å². The molecule has 0 bridgehead atoms. The molecular formula is C19H22BrN. The van der Waals surface area contributed by atoms with Crippen LogP contribution in [0.1, 0.15) is 56.2 Å². The Morgan fingerprint density at radius 3 is 1.86 bits per heavy atom. The molecule has 0 saturated heterocycles. The molecule has 2 heteroatoms. The van der Waals surface area contributed by atoms with E-state index in [0.717, 1.165) is 15.7 Å². The van der Waals surface area contributed by atoms with Gasteiger partial charge in [-0.2, -0.15) is 0 Å². The maximum Gasteiger partial charge on any atom is 0.0699 e. The third kappa shape index (κ3) is 4.04. The number of hydrogen-bond donors (Lipinski definition) is 0. The minimum absolute atomic E-state index is 0.473. The molecule has 0 amide bonds. The Kier molecular flexibility index (Phi) is 5.35. The van der Waals surface area contributed by atoms with Crippen LogP contribution in [0.5, 0.6) is 0 Å². The first-order valence-electron chi connectivity index (χ1n) is 7.41. The molecule has 0 aliphatic rings. The number of benzene rings is 2. The molecular weight excluding hydrogens is 322 g/mol. The van der Waals surface area contributed by atoms with Crippen LogP contribution in [0.2, 0.25) is 0 Å². The van der Waals surface area contributed by atoms with E-state index in [2.05, 4.69) is 74.0 Å². The van der Waals surface area contributed by atoms with Crippen molar-refractivity contribution in [2.24, 2.45) is 4.99 Å². The minimum atomic E-state index is 0.473. The summed E-state index contributed by atoms with van der Waals surface area (Å²) < 4.78 is 1.09. The molecule has 0 saturated carbocycles. The van der Waals surface area contributed by atoms with Crippen LogP contribution in [0.4, 0.5) is 5.69 Å². The molecule has 21 heavy (non-hydrogen) atoms. The first-order valence-corrected chi connectivity index (χ1v) is 8.20. The van der Waals surface area contributed by atoms with Crippen molar-refractivity contribution in [1.82, 2.24) is 0 Å². The second kappa shape index (κ2) is 7.04. The molecule has 0 aliphatic carbocycles. The first kappa shape index (κ1) is 16.0. The zero-order valence-electron chi connectivity index (χ0n) is 13.1. The highest BCUT2D eigenvalue weighted by molar-refractivity contribution is 9.10. The molecule has 0 unspecified atom stereocenters. The Morgan fingerprint density at radius 1 is 0.857 bits per heavy atom. The van der Waals surface area contributed by atoms with E-state index >= 15 is 0 Å². The van der Waals surface area contributed by atoms with Gasteiger partial charge in [-0.15, -0.1) is 0 Å². The summed E-state index contributed by atoms with van der Waals surface area (Å²) in [5.74, 6) is 0.946. The van der Waals surface area contributed by atoms with E-state index in [1.54, 1.807) is 0 Å². The maximum absolute atomic E-state index is 4.81. The molecule has 0 atom stereocenters. The molecule has 2 aromatic rings. The van der Waals surface area contributed by atoms with E-state index in [1.807, 2.05) is 18.3 Å².